The fraction of sp³-hybridized carbons (Fsp3) is 0.273. The SMILES string of the molecule is O=c1[nH]c(C2CCN(S(=O)(=O)c3ccc(F)c(F)c3)CC2)nc2c1nnn2Cc1ccccc1. The molecule has 176 valence electrons. The van der Waals surface area contributed by atoms with Crippen molar-refractivity contribution in [2.24, 2.45) is 0 Å². The zero-order valence-corrected chi connectivity index (χ0v) is 18.7. The number of rotatable bonds is 5. The van der Waals surface area contributed by atoms with Crippen molar-refractivity contribution in [3.05, 3.63) is 81.9 Å². The number of benzene rings is 2. The number of hydrogen-bond acceptors (Lipinski definition) is 6. The Morgan fingerprint density at radius 2 is 1.76 bits per heavy atom. The van der Waals surface area contributed by atoms with Crippen LogP contribution in [0.15, 0.2) is 58.2 Å². The Morgan fingerprint density at radius 1 is 1.03 bits per heavy atom. The minimum absolute atomic E-state index is 0.137. The number of nitrogens with one attached hydrogen (secondary N) is 1. The summed E-state index contributed by atoms with van der Waals surface area (Å²) in [6.45, 7) is 0.697. The molecular weight excluding hydrogens is 466 g/mol. The van der Waals surface area contributed by atoms with Gasteiger partial charge in [0, 0.05) is 19.0 Å². The summed E-state index contributed by atoms with van der Waals surface area (Å²) in [7, 11) is -3.97. The molecule has 9 nitrogen and oxygen atoms in total. The number of nitrogens with zero attached hydrogens (tertiary/aromatic N) is 5. The molecule has 12 heteroatoms. The van der Waals surface area contributed by atoms with E-state index < -0.39 is 27.2 Å². The van der Waals surface area contributed by atoms with Crippen LogP contribution >= 0.6 is 0 Å². The molecule has 0 radical (unpaired) electrons. The standard InChI is InChI=1S/C22H20F2N6O3S/c23-17-7-6-16(12-18(17)24)34(32,33)29-10-8-15(9-11-29)20-25-21-19(22(31)26-20)27-28-30(21)13-14-4-2-1-3-5-14/h1-7,12,15H,8-11,13H2,(H,25,26,31). The van der Waals surface area contributed by atoms with Gasteiger partial charge >= 0.3 is 0 Å². The molecule has 0 saturated carbocycles. The second kappa shape index (κ2) is 8.69. The average Bonchev–Trinajstić information content (AvgIpc) is 3.24. The zero-order valence-electron chi connectivity index (χ0n) is 17.9. The van der Waals surface area contributed by atoms with Crippen LogP contribution in [0, 0.1) is 11.6 Å². The summed E-state index contributed by atoms with van der Waals surface area (Å²) in [6.07, 6.45) is 0.801. The molecule has 0 atom stereocenters. The number of fused-ring (bicyclic) bond motifs is 1. The molecule has 34 heavy (non-hydrogen) atoms. The maximum absolute atomic E-state index is 13.6. The van der Waals surface area contributed by atoms with Gasteiger partial charge in [-0.3, -0.25) is 4.79 Å². The molecule has 2 aromatic carbocycles. The van der Waals surface area contributed by atoms with Gasteiger partial charge in [-0.1, -0.05) is 35.5 Å². The maximum Gasteiger partial charge on any atom is 0.281 e. The van der Waals surface area contributed by atoms with Crippen molar-refractivity contribution in [1.29, 1.82) is 0 Å². The van der Waals surface area contributed by atoms with E-state index in [9.17, 15) is 22.0 Å². The van der Waals surface area contributed by atoms with Crippen molar-refractivity contribution < 1.29 is 17.2 Å². The number of sulfonamides is 1. The van der Waals surface area contributed by atoms with Gasteiger partial charge in [0.25, 0.3) is 5.56 Å². The Kier molecular flexibility index (Phi) is 5.70. The summed E-state index contributed by atoms with van der Waals surface area (Å²) in [5.74, 6) is -2.07. The van der Waals surface area contributed by atoms with Crippen LogP contribution in [-0.4, -0.2) is 50.8 Å². The molecule has 1 saturated heterocycles. The van der Waals surface area contributed by atoms with E-state index in [2.05, 4.69) is 20.3 Å². The first-order chi connectivity index (χ1) is 16.3. The van der Waals surface area contributed by atoms with E-state index in [1.165, 1.54) is 4.31 Å². The highest BCUT2D eigenvalue weighted by Gasteiger charge is 2.32. The third-order valence-electron chi connectivity index (χ3n) is 5.94. The highest BCUT2D eigenvalue weighted by molar-refractivity contribution is 7.89. The minimum atomic E-state index is -3.97. The van der Waals surface area contributed by atoms with Crippen LogP contribution in [0.3, 0.4) is 0 Å². The van der Waals surface area contributed by atoms with Gasteiger partial charge in [0.05, 0.1) is 11.4 Å². The molecular formula is C22H20F2N6O3S. The third-order valence-corrected chi connectivity index (χ3v) is 7.83. The molecule has 0 unspecified atom stereocenters. The lowest BCUT2D eigenvalue weighted by Gasteiger charge is -2.30. The van der Waals surface area contributed by atoms with E-state index in [0.717, 1.165) is 17.7 Å². The third kappa shape index (κ3) is 4.10. The second-order valence-electron chi connectivity index (χ2n) is 8.11. The molecule has 3 heterocycles. The van der Waals surface area contributed by atoms with Gasteiger partial charge < -0.3 is 4.98 Å². The van der Waals surface area contributed by atoms with Crippen LogP contribution in [0.2, 0.25) is 0 Å². The molecule has 0 amide bonds. The van der Waals surface area contributed by atoms with E-state index in [0.29, 0.717) is 36.9 Å². The zero-order chi connectivity index (χ0) is 23.9. The number of aromatic nitrogens is 5. The lowest BCUT2D eigenvalue weighted by molar-refractivity contribution is 0.313. The first kappa shape index (κ1) is 22.3. The molecule has 1 N–H and O–H groups in total. The quantitative estimate of drug-likeness (QED) is 0.464. The lowest BCUT2D eigenvalue weighted by Crippen LogP contribution is -2.38. The Bertz CT molecular complexity index is 1510. The Morgan fingerprint density at radius 3 is 2.47 bits per heavy atom. The number of halogens is 2. The van der Waals surface area contributed by atoms with Gasteiger partial charge in [-0.05, 0) is 36.6 Å². The Labute approximate surface area is 193 Å². The van der Waals surface area contributed by atoms with Crippen LogP contribution in [-0.2, 0) is 16.6 Å². The lowest BCUT2D eigenvalue weighted by atomic mass is 9.97. The molecule has 2 aromatic heterocycles. The second-order valence-corrected chi connectivity index (χ2v) is 10.0. The highest BCUT2D eigenvalue weighted by atomic mass is 32.2. The van der Waals surface area contributed by atoms with Gasteiger partial charge in [-0.25, -0.2) is 26.9 Å². The summed E-state index contributed by atoms with van der Waals surface area (Å²) in [5, 5.41) is 8.02. The highest BCUT2D eigenvalue weighted by Crippen LogP contribution is 2.29. The van der Waals surface area contributed by atoms with Gasteiger partial charge in [-0.15, -0.1) is 5.10 Å². The largest absolute Gasteiger partial charge is 0.308 e. The van der Waals surface area contributed by atoms with Gasteiger partial charge in [0.2, 0.25) is 10.0 Å². The maximum atomic E-state index is 13.6. The van der Waals surface area contributed by atoms with Gasteiger partial charge in [-0.2, -0.15) is 4.31 Å². The normalized spacial score (nSPS) is 15.7. The molecule has 1 fully saturated rings. The fourth-order valence-corrected chi connectivity index (χ4v) is 5.58. The molecule has 5 rings (SSSR count). The number of piperidine rings is 1. The summed E-state index contributed by atoms with van der Waals surface area (Å²) >= 11 is 0. The molecule has 1 aliphatic rings. The molecule has 0 bridgehead atoms. The summed E-state index contributed by atoms with van der Waals surface area (Å²) in [5.41, 5.74) is 1.07. The first-order valence-electron chi connectivity index (χ1n) is 10.7. The smallest absolute Gasteiger partial charge is 0.281 e. The predicted molar refractivity (Wildman–Crippen MR) is 119 cm³/mol. The van der Waals surface area contributed by atoms with Crippen molar-refractivity contribution in [3.8, 4) is 0 Å². The van der Waals surface area contributed by atoms with Gasteiger partial charge in [0.1, 0.15) is 5.82 Å². The summed E-state index contributed by atoms with van der Waals surface area (Å²) in [4.78, 5) is 19.7. The van der Waals surface area contributed by atoms with Crippen LogP contribution in [0.5, 0.6) is 0 Å². The number of hydrogen-bond donors (Lipinski definition) is 1. The number of H-pyrrole nitrogens is 1. The van der Waals surface area contributed by atoms with Crippen LogP contribution in [0.1, 0.15) is 30.1 Å². The molecule has 0 spiro atoms. The molecule has 0 aliphatic carbocycles. The topological polar surface area (TPSA) is 114 Å². The van der Waals surface area contributed by atoms with Crippen LogP contribution < -0.4 is 5.56 Å². The minimum Gasteiger partial charge on any atom is -0.308 e. The van der Waals surface area contributed by atoms with Crippen LogP contribution in [0.25, 0.3) is 11.2 Å². The van der Waals surface area contributed by atoms with Crippen molar-refractivity contribution in [1.82, 2.24) is 29.3 Å². The van der Waals surface area contributed by atoms with Crippen molar-refractivity contribution in [2.45, 2.75) is 30.2 Å². The van der Waals surface area contributed by atoms with E-state index >= 15 is 0 Å². The van der Waals surface area contributed by atoms with Gasteiger partial charge in [0.15, 0.2) is 22.8 Å². The van der Waals surface area contributed by atoms with Crippen LogP contribution in [0.4, 0.5) is 8.78 Å². The van der Waals surface area contributed by atoms with Crippen molar-refractivity contribution >= 4 is 21.2 Å². The van der Waals surface area contributed by atoms with Crippen molar-refractivity contribution in [3.63, 3.8) is 0 Å². The summed E-state index contributed by atoms with van der Waals surface area (Å²) in [6, 6.07) is 12.1. The van der Waals surface area contributed by atoms with E-state index in [-0.39, 0.29) is 29.4 Å². The first-order valence-corrected chi connectivity index (χ1v) is 12.1. The summed E-state index contributed by atoms with van der Waals surface area (Å²) < 4.78 is 55.3. The average molecular weight is 487 g/mol. The Hall–Kier alpha value is -3.51. The molecule has 1 aliphatic heterocycles. The molecule has 4 aromatic rings. The monoisotopic (exact) mass is 486 g/mol. The Balaban J connectivity index is 1.37. The predicted octanol–water partition coefficient (Wildman–Crippen LogP) is 2.41. The van der Waals surface area contributed by atoms with E-state index in [1.54, 1.807) is 4.68 Å². The fourth-order valence-electron chi connectivity index (χ4n) is 4.10. The van der Waals surface area contributed by atoms with Crippen molar-refractivity contribution in [2.75, 3.05) is 13.1 Å². The number of aromatic amines is 1. The van der Waals surface area contributed by atoms with E-state index in [1.807, 2.05) is 30.3 Å². The van der Waals surface area contributed by atoms with E-state index in [4.69, 9.17) is 0 Å².